The minimum atomic E-state index is 0.455. The molecule has 0 atom stereocenters. The summed E-state index contributed by atoms with van der Waals surface area (Å²) in [5, 5.41) is 23.3. The van der Waals surface area contributed by atoms with Crippen molar-refractivity contribution in [1.82, 2.24) is 24.9 Å². The van der Waals surface area contributed by atoms with E-state index in [0.717, 1.165) is 99.6 Å². The highest BCUT2D eigenvalue weighted by atomic mass is 14.7. The average molecular weight is 740 g/mol. The van der Waals surface area contributed by atoms with E-state index in [4.69, 9.17) is 15.0 Å². The molecule has 5 heterocycles. The zero-order valence-corrected chi connectivity index (χ0v) is 30.9. The smallest absolute Gasteiger partial charge is 0.0992 e. The van der Waals surface area contributed by atoms with Crippen LogP contribution in [0, 0.1) is 22.7 Å². The lowest BCUT2D eigenvalue weighted by molar-refractivity contribution is 1.27. The fourth-order valence-electron chi connectivity index (χ4n) is 7.80. The highest BCUT2D eigenvalue weighted by Crippen LogP contribution is 2.42. The van der Waals surface area contributed by atoms with Gasteiger partial charge < -0.3 is 0 Å². The number of nitrogens with zero attached hydrogens (tertiary/aromatic N) is 7. The lowest BCUT2D eigenvalue weighted by atomic mass is 9.89. The fraction of sp³-hybridized carbons (Fsp3) is 0. The Balaban J connectivity index is 1.12. The van der Waals surface area contributed by atoms with Gasteiger partial charge in [-0.25, -0.2) is 4.98 Å². The predicted octanol–water partition coefficient (Wildman–Crippen LogP) is 11.9. The van der Waals surface area contributed by atoms with Gasteiger partial charge in [0.15, 0.2) is 0 Å². The van der Waals surface area contributed by atoms with Crippen molar-refractivity contribution in [1.29, 1.82) is 10.5 Å². The van der Waals surface area contributed by atoms with Gasteiger partial charge in [0.2, 0.25) is 0 Å². The van der Waals surface area contributed by atoms with E-state index in [2.05, 4.69) is 94.9 Å². The zero-order chi connectivity index (χ0) is 39.0. The maximum Gasteiger partial charge on any atom is 0.0992 e. The molecule has 0 fully saturated rings. The van der Waals surface area contributed by atoms with Gasteiger partial charge in [-0.2, -0.15) is 10.5 Å². The van der Waals surface area contributed by atoms with Crippen molar-refractivity contribution in [3.63, 3.8) is 0 Å². The van der Waals surface area contributed by atoms with Crippen molar-refractivity contribution in [2.24, 2.45) is 0 Å². The molecule has 0 N–H and O–H groups in total. The van der Waals surface area contributed by atoms with Crippen LogP contribution in [0.4, 0.5) is 0 Å². The number of hydrogen-bond donors (Lipinski definition) is 0. The molecular weight excluding hydrogens is 711 g/mol. The second-order valence-corrected chi connectivity index (χ2v) is 14.0. The molecule has 0 aliphatic rings. The Morgan fingerprint density at radius 2 is 0.931 bits per heavy atom. The van der Waals surface area contributed by atoms with Crippen LogP contribution >= 0.6 is 0 Å². The first-order valence-corrected chi connectivity index (χ1v) is 18.7. The average Bonchev–Trinajstić information content (AvgIpc) is 3.31. The van der Waals surface area contributed by atoms with E-state index in [1.54, 1.807) is 24.7 Å². The van der Waals surface area contributed by atoms with Gasteiger partial charge in [0.25, 0.3) is 0 Å². The van der Waals surface area contributed by atoms with Crippen LogP contribution in [0.1, 0.15) is 11.1 Å². The molecule has 10 aromatic rings. The summed E-state index contributed by atoms with van der Waals surface area (Å²) in [5.41, 5.74) is 14.3. The molecule has 268 valence electrons. The highest BCUT2D eigenvalue weighted by molar-refractivity contribution is 6.22. The lowest BCUT2D eigenvalue weighted by Crippen LogP contribution is -1.93. The van der Waals surface area contributed by atoms with Crippen LogP contribution in [0.3, 0.4) is 0 Å². The maximum absolute atomic E-state index is 9.54. The lowest BCUT2D eigenvalue weighted by Gasteiger charge is -2.16. The number of aromatic nitrogens is 5. The van der Waals surface area contributed by atoms with E-state index < -0.39 is 0 Å². The minimum Gasteiger partial charge on any atom is -0.265 e. The molecule has 0 saturated heterocycles. The van der Waals surface area contributed by atoms with Crippen LogP contribution in [0.15, 0.2) is 177 Å². The molecule has 7 nitrogen and oxygen atoms in total. The monoisotopic (exact) mass is 739 g/mol. The third-order valence-corrected chi connectivity index (χ3v) is 10.6. The van der Waals surface area contributed by atoms with Crippen LogP contribution in [-0.4, -0.2) is 24.9 Å². The van der Waals surface area contributed by atoms with E-state index >= 15 is 0 Å². The van der Waals surface area contributed by atoms with Crippen LogP contribution in [-0.2, 0) is 0 Å². The summed E-state index contributed by atoms with van der Waals surface area (Å²) in [4.78, 5) is 23.5. The normalized spacial score (nSPS) is 11.1. The van der Waals surface area contributed by atoms with Crippen molar-refractivity contribution in [3.8, 4) is 79.2 Å². The van der Waals surface area contributed by atoms with Gasteiger partial charge in [-0.1, -0.05) is 54.6 Å². The highest BCUT2D eigenvalue weighted by Gasteiger charge is 2.17. The summed E-state index contributed by atoms with van der Waals surface area (Å²) < 4.78 is 0. The molecule has 0 aliphatic carbocycles. The standard InChI is InChI=1S/C51H29N7/c52-29-32-21-33(30-53)23-40(22-32)34-10-12-35(13-11-34)44-27-46-43-9-4-18-57-51(43)45(28-47(46)42-8-3-17-56-50(42)44)38-6-1-5-37(24-38)41-25-48(36-14-19-54-20-15-36)58-49(26-41)39-7-2-16-55-31-39/h1-28,31H. The summed E-state index contributed by atoms with van der Waals surface area (Å²) in [5.74, 6) is 0. The number of hydrogen-bond acceptors (Lipinski definition) is 7. The molecule has 0 bridgehead atoms. The van der Waals surface area contributed by atoms with E-state index in [9.17, 15) is 10.5 Å². The number of benzene rings is 5. The van der Waals surface area contributed by atoms with Gasteiger partial charge in [-0.05, 0) is 129 Å². The van der Waals surface area contributed by atoms with E-state index in [1.165, 1.54) is 0 Å². The van der Waals surface area contributed by atoms with Gasteiger partial charge in [0.05, 0.1) is 45.7 Å². The first kappa shape index (κ1) is 34.1. The molecule has 5 aromatic heterocycles. The second kappa shape index (κ2) is 14.4. The van der Waals surface area contributed by atoms with Gasteiger partial charge in [0, 0.05) is 70.2 Å². The van der Waals surface area contributed by atoms with Crippen molar-refractivity contribution < 1.29 is 0 Å². The molecule has 0 saturated carbocycles. The molecule has 0 radical (unpaired) electrons. The number of pyridine rings is 5. The fourth-order valence-corrected chi connectivity index (χ4v) is 7.80. The quantitative estimate of drug-likeness (QED) is 0.156. The molecule has 58 heavy (non-hydrogen) atoms. The molecule has 0 aliphatic heterocycles. The number of fused-ring (bicyclic) bond motifs is 5. The number of nitriles is 2. The van der Waals surface area contributed by atoms with Crippen LogP contribution in [0.25, 0.3) is 99.6 Å². The summed E-state index contributed by atoms with van der Waals surface area (Å²) in [6.45, 7) is 0. The predicted molar refractivity (Wildman–Crippen MR) is 230 cm³/mol. The van der Waals surface area contributed by atoms with Gasteiger partial charge >= 0.3 is 0 Å². The SMILES string of the molecule is N#Cc1cc(C#N)cc(-c2ccc(-c3cc4c5cccnc5c(-c5cccc(-c6cc(-c7ccncc7)nc(-c7cccnc7)c6)c5)cc4c4cccnc34)cc2)c1. The van der Waals surface area contributed by atoms with Gasteiger partial charge in [-0.15, -0.1) is 0 Å². The van der Waals surface area contributed by atoms with Crippen LogP contribution in [0.5, 0.6) is 0 Å². The Bertz CT molecular complexity index is 3200. The Hall–Kier alpha value is -8.39. The van der Waals surface area contributed by atoms with Crippen molar-refractivity contribution in [2.45, 2.75) is 0 Å². The maximum atomic E-state index is 9.54. The Labute approximate surface area is 333 Å². The zero-order valence-electron chi connectivity index (χ0n) is 30.9. The second-order valence-electron chi connectivity index (χ2n) is 14.0. The molecule has 7 heteroatoms. The Kier molecular flexibility index (Phi) is 8.45. The minimum absolute atomic E-state index is 0.455. The van der Waals surface area contributed by atoms with Crippen LogP contribution < -0.4 is 0 Å². The van der Waals surface area contributed by atoms with Crippen molar-refractivity contribution in [2.75, 3.05) is 0 Å². The number of rotatable bonds is 6. The molecule has 0 unspecified atom stereocenters. The van der Waals surface area contributed by atoms with Gasteiger partial charge in [-0.3, -0.25) is 19.9 Å². The van der Waals surface area contributed by atoms with Crippen molar-refractivity contribution >= 4 is 32.6 Å². The molecule has 0 spiro atoms. The van der Waals surface area contributed by atoms with Gasteiger partial charge in [0.1, 0.15) is 0 Å². The van der Waals surface area contributed by atoms with Crippen molar-refractivity contribution in [3.05, 3.63) is 188 Å². The van der Waals surface area contributed by atoms with E-state index in [1.807, 2.05) is 79.3 Å². The summed E-state index contributed by atoms with van der Waals surface area (Å²) >= 11 is 0. The molecule has 5 aromatic carbocycles. The third kappa shape index (κ3) is 6.16. The van der Waals surface area contributed by atoms with E-state index in [-0.39, 0.29) is 0 Å². The molecule has 0 amide bonds. The largest absolute Gasteiger partial charge is 0.265 e. The Morgan fingerprint density at radius 1 is 0.362 bits per heavy atom. The molecular formula is C51H29N7. The Morgan fingerprint density at radius 3 is 1.57 bits per heavy atom. The first-order valence-electron chi connectivity index (χ1n) is 18.7. The summed E-state index contributed by atoms with van der Waals surface area (Å²) in [6, 6.07) is 51.3. The summed E-state index contributed by atoms with van der Waals surface area (Å²) in [6.07, 6.45) is 10.9. The van der Waals surface area contributed by atoms with E-state index in [0.29, 0.717) is 11.1 Å². The first-order chi connectivity index (χ1) is 28.6. The molecule has 10 rings (SSSR count). The van der Waals surface area contributed by atoms with Crippen LogP contribution in [0.2, 0.25) is 0 Å². The topological polar surface area (TPSA) is 112 Å². The third-order valence-electron chi connectivity index (χ3n) is 10.6. The summed E-state index contributed by atoms with van der Waals surface area (Å²) in [7, 11) is 0.